The summed E-state index contributed by atoms with van der Waals surface area (Å²) in [7, 11) is 1.92. The molecule has 144 valence electrons. The molecule has 2 aliphatic heterocycles. The van der Waals surface area contributed by atoms with E-state index in [1.165, 1.54) is 50.9 Å². The maximum absolute atomic E-state index is 12.4. The number of ether oxygens (including phenoxy) is 1. The molecule has 0 saturated carbocycles. The minimum atomic E-state index is 0.274. The van der Waals surface area contributed by atoms with Gasteiger partial charge in [-0.25, -0.2) is 0 Å². The fourth-order valence-corrected chi connectivity index (χ4v) is 4.24. The standard InChI is InChI=1S/C22H34N2O2/c1-23(16-20-6-3-2-4-7-20)22(25)10-9-19-11-13-24(14-12-19)17-21-8-5-15-26-18-21/h2-4,6-7,19,21H,5,8-18H2,1H3/t21-/m1/s1. The van der Waals surface area contributed by atoms with Crippen molar-refractivity contribution in [1.29, 1.82) is 0 Å². The van der Waals surface area contributed by atoms with E-state index in [0.29, 0.717) is 18.9 Å². The molecule has 4 heteroatoms. The molecule has 1 atom stereocenters. The smallest absolute Gasteiger partial charge is 0.222 e. The summed E-state index contributed by atoms with van der Waals surface area (Å²) in [6, 6.07) is 10.2. The van der Waals surface area contributed by atoms with Crippen LogP contribution in [0.25, 0.3) is 0 Å². The monoisotopic (exact) mass is 358 g/mol. The van der Waals surface area contributed by atoms with Gasteiger partial charge >= 0.3 is 0 Å². The molecule has 4 nitrogen and oxygen atoms in total. The van der Waals surface area contributed by atoms with Gasteiger partial charge in [0.05, 0.1) is 6.61 Å². The van der Waals surface area contributed by atoms with Gasteiger partial charge in [0.25, 0.3) is 0 Å². The first-order valence-corrected chi connectivity index (χ1v) is 10.3. The minimum absolute atomic E-state index is 0.274. The molecule has 0 N–H and O–H groups in total. The summed E-state index contributed by atoms with van der Waals surface area (Å²) in [5.74, 6) is 1.71. The molecular formula is C22H34N2O2. The van der Waals surface area contributed by atoms with E-state index in [-0.39, 0.29) is 5.91 Å². The lowest BCUT2D eigenvalue weighted by Crippen LogP contribution is -2.39. The Morgan fingerprint density at radius 3 is 2.62 bits per heavy atom. The fraction of sp³-hybridized carbons (Fsp3) is 0.682. The molecule has 0 aromatic heterocycles. The Bertz CT molecular complexity index is 534. The van der Waals surface area contributed by atoms with Crippen molar-refractivity contribution in [2.75, 3.05) is 39.9 Å². The van der Waals surface area contributed by atoms with Crippen LogP contribution in [0.2, 0.25) is 0 Å². The highest BCUT2D eigenvalue weighted by molar-refractivity contribution is 5.75. The van der Waals surface area contributed by atoms with Crippen LogP contribution in [-0.4, -0.2) is 55.6 Å². The van der Waals surface area contributed by atoms with Crippen molar-refractivity contribution in [3.63, 3.8) is 0 Å². The van der Waals surface area contributed by atoms with Crippen molar-refractivity contribution >= 4 is 5.91 Å². The summed E-state index contributed by atoms with van der Waals surface area (Å²) in [6.45, 7) is 6.19. The molecule has 0 spiro atoms. The summed E-state index contributed by atoms with van der Waals surface area (Å²) in [4.78, 5) is 16.9. The highest BCUT2D eigenvalue weighted by atomic mass is 16.5. The van der Waals surface area contributed by atoms with E-state index in [0.717, 1.165) is 25.6 Å². The number of rotatable bonds is 7. The van der Waals surface area contributed by atoms with Crippen molar-refractivity contribution in [1.82, 2.24) is 9.80 Å². The summed E-state index contributed by atoms with van der Waals surface area (Å²) in [6.07, 6.45) is 6.75. The number of carbonyl (C=O) groups excluding carboxylic acids is 1. The van der Waals surface area contributed by atoms with E-state index in [9.17, 15) is 4.79 Å². The number of carbonyl (C=O) groups is 1. The van der Waals surface area contributed by atoms with Crippen molar-refractivity contribution in [2.45, 2.75) is 45.1 Å². The number of hydrogen-bond acceptors (Lipinski definition) is 3. The molecule has 1 aromatic rings. The Morgan fingerprint density at radius 1 is 1.15 bits per heavy atom. The lowest BCUT2D eigenvalue weighted by atomic mass is 9.91. The molecule has 2 aliphatic rings. The van der Waals surface area contributed by atoms with E-state index < -0.39 is 0 Å². The van der Waals surface area contributed by atoms with Crippen LogP contribution in [0, 0.1) is 11.8 Å². The van der Waals surface area contributed by atoms with E-state index in [2.05, 4.69) is 17.0 Å². The Balaban J connectivity index is 1.32. The van der Waals surface area contributed by atoms with Crippen molar-refractivity contribution in [3.05, 3.63) is 35.9 Å². The van der Waals surface area contributed by atoms with Crippen LogP contribution in [0.5, 0.6) is 0 Å². The zero-order valence-electron chi connectivity index (χ0n) is 16.2. The second-order valence-corrected chi connectivity index (χ2v) is 8.10. The lowest BCUT2D eigenvalue weighted by Gasteiger charge is -2.35. The van der Waals surface area contributed by atoms with E-state index >= 15 is 0 Å². The van der Waals surface area contributed by atoms with Gasteiger partial charge in [0.15, 0.2) is 0 Å². The van der Waals surface area contributed by atoms with Gasteiger partial charge in [-0.05, 0) is 62.6 Å². The van der Waals surface area contributed by atoms with Crippen LogP contribution >= 0.6 is 0 Å². The number of hydrogen-bond donors (Lipinski definition) is 0. The first-order chi connectivity index (χ1) is 12.7. The number of piperidine rings is 1. The molecule has 1 amide bonds. The normalized spacial score (nSPS) is 22.3. The highest BCUT2D eigenvalue weighted by Crippen LogP contribution is 2.24. The van der Waals surface area contributed by atoms with Crippen molar-refractivity contribution in [3.8, 4) is 0 Å². The van der Waals surface area contributed by atoms with Gasteiger partial charge < -0.3 is 14.5 Å². The van der Waals surface area contributed by atoms with Crippen LogP contribution in [0.15, 0.2) is 30.3 Å². The number of nitrogens with zero attached hydrogens (tertiary/aromatic N) is 2. The predicted octanol–water partition coefficient (Wildman–Crippen LogP) is 3.56. The quantitative estimate of drug-likeness (QED) is 0.747. The summed E-state index contributed by atoms with van der Waals surface area (Å²) < 4.78 is 5.61. The van der Waals surface area contributed by atoms with Gasteiger partial charge in [-0.2, -0.15) is 0 Å². The van der Waals surface area contributed by atoms with E-state index in [1.54, 1.807) is 0 Å². The molecule has 0 aliphatic carbocycles. The SMILES string of the molecule is CN(Cc1ccccc1)C(=O)CCC1CCN(C[C@H]2CCCOC2)CC1. The fourth-order valence-electron chi connectivity index (χ4n) is 4.24. The number of amides is 1. The van der Waals surface area contributed by atoms with Crippen LogP contribution in [0.3, 0.4) is 0 Å². The Hall–Kier alpha value is -1.39. The number of likely N-dealkylation sites (tertiary alicyclic amines) is 1. The topological polar surface area (TPSA) is 32.8 Å². The van der Waals surface area contributed by atoms with Crippen molar-refractivity contribution < 1.29 is 9.53 Å². The average Bonchev–Trinajstić information content (AvgIpc) is 2.69. The minimum Gasteiger partial charge on any atom is -0.381 e. The molecular weight excluding hydrogens is 324 g/mol. The summed E-state index contributed by atoms with van der Waals surface area (Å²) >= 11 is 0. The van der Waals surface area contributed by atoms with Crippen LogP contribution in [0.1, 0.15) is 44.1 Å². The number of benzene rings is 1. The van der Waals surface area contributed by atoms with Gasteiger partial charge in [-0.3, -0.25) is 4.79 Å². The second kappa shape index (κ2) is 10.1. The molecule has 3 rings (SSSR count). The zero-order chi connectivity index (χ0) is 18.2. The zero-order valence-corrected chi connectivity index (χ0v) is 16.2. The first kappa shape index (κ1) is 19.4. The Morgan fingerprint density at radius 2 is 1.92 bits per heavy atom. The maximum atomic E-state index is 12.4. The third-order valence-electron chi connectivity index (χ3n) is 5.93. The van der Waals surface area contributed by atoms with Crippen LogP contribution < -0.4 is 0 Å². The Kier molecular flexibility index (Phi) is 7.51. The third kappa shape index (κ3) is 6.10. The largest absolute Gasteiger partial charge is 0.381 e. The lowest BCUT2D eigenvalue weighted by molar-refractivity contribution is -0.130. The first-order valence-electron chi connectivity index (χ1n) is 10.3. The van der Waals surface area contributed by atoms with E-state index in [1.807, 2.05) is 30.1 Å². The summed E-state index contributed by atoms with van der Waals surface area (Å²) in [5.41, 5.74) is 1.20. The van der Waals surface area contributed by atoms with Gasteiger partial charge in [-0.1, -0.05) is 30.3 Å². The van der Waals surface area contributed by atoms with E-state index in [4.69, 9.17) is 4.74 Å². The molecule has 0 unspecified atom stereocenters. The molecule has 0 bridgehead atoms. The van der Waals surface area contributed by atoms with Gasteiger partial charge in [0, 0.05) is 33.2 Å². The molecule has 2 heterocycles. The summed E-state index contributed by atoms with van der Waals surface area (Å²) in [5, 5.41) is 0. The Labute approximate surface area is 158 Å². The molecule has 26 heavy (non-hydrogen) atoms. The van der Waals surface area contributed by atoms with Gasteiger partial charge in [0.2, 0.25) is 5.91 Å². The van der Waals surface area contributed by atoms with Crippen LogP contribution in [0.4, 0.5) is 0 Å². The predicted molar refractivity (Wildman–Crippen MR) is 105 cm³/mol. The molecule has 1 aromatic carbocycles. The third-order valence-corrected chi connectivity index (χ3v) is 5.93. The average molecular weight is 359 g/mol. The second-order valence-electron chi connectivity index (χ2n) is 8.10. The van der Waals surface area contributed by atoms with Crippen LogP contribution in [-0.2, 0) is 16.1 Å². The van der Waals surface area contributed by atoms with Gasteiger partial charge in [-0.15, -0.1) is 0 Å². The molecule has 2 saturated heterocycles. The van der Waals surface area contributed by atoms with Gasteiger partial charge in [0.1, 0.15) is 0 Å². The maximum Gasteiger partial charge on any atom is 0.222 e. The highest BCUT2D eigenvalue weighted by Gasteiger charge is 2.23. The van der Waals surface area contributed by atoms with Crippen molar-refractivity contribution in [2.24, 2.45) is 11.8 Å². The molecule has 2 fully saturated rings. The molecule has 0 radical (unpaired) electrons.